The van der Waals surface area contributed by atoms with Gasteiger partial charge >= 0.3 is 0 Å². The average molecular weight is 294 g/mol. The van der Waals surface area contributed by atoms with Gasteiger partial charge in [-0.1, -0.05) is 30.1 Å². The molecule has 0 heterocycles. The van der Waals surface area contributed by atoms with Gasteiger partial charge in [0.15, 0.2) is 8.32 Å². The zero-order valence-corrected chi connectivity index (χ0v) is 14.1. The minimum atomic E-state index is -1.31. The molecular weight excluding hydrogens is 266 g/mol. The second kappa shape index (κ2) is 8.86. The topological polar surface area (TPSA) is 21.3 Å². The van der Waals surface area contributed by atoms with E-state index in [9.17, 15) is 0 Å². The highest BCUT2D eigenvalue weighted by Gasteiger charge is 2.19. The highest BCUT2D eigenvalue weighted by atomic mass is 33.1. The summed E-state index contributed by atoms with van der Waals surface area (Å²) in [6.45, 7) is 4.59. The summed E-state index contributed by atoms with van der Waals surface area (Å²) < 4.78 is 9.14. The van der Waals surface area contributed by atoms with E-state index >= 15 is 0 Å². The van der Waals surface area contributed by atoms with Gasteiger partial charge in [-0.3, -0.25) is 4.72 Å². The Morgan fingerprint density at radius 3 is 2.59 bits per heavy atom. The zero-order valence-electron chi connectivity index (χ0n) is 11.5. The van der Waals surface area contributed by atoms with Crippen molar-refractivity contribution in [2.45, 2.75) is 63.7 Å². The molecule has 0 aromatic rings. The molecule has 5 heteroatoms. The Bertz CT molecular complexity index is 199. The van der Waals surface area contributed by atoms with Crippen LogP contribution in [-0.4, -0.2) is 27.2 Å². The molecule has 1 rings (SSSR count). The normalized spacial score (nSPS) is 18.5. The Morgan fingerprint density at radius 2 is 1.94 bits per heavy atom. The van der Waals surface area contributed by atoms with Crippen LogP contribution >= 0.6 is 21.8 Å². The van der Waals surface area contributed by atoms with E-state index in [0.29, 0.717) is 0 Å². The van der Waals surface area contributed by atoms with E-state index in [-0.39, 0.29) is 0 Å². The van der Waals surface area contributed by atoms with Crippen LogP contribution in [0.25, 0.3) is 0 Å². The summed E-state index contributed by atoms with van der Waals surface area (Å²) in [6, 6.07) is 2.05. The maximum Gasteiger partial charge on any atom is 0.186 e. The fraction of sp³-hybridized carbons (Fsp3) is 1.00. The summed E-state index contributed by atoms with van der Waals surface area (Å²) in [5.41, 5.74) is 0. The lowest BCUT2D eigenvalue weighted by Gasteiger charge is -2.22. The standard InChI is InChI=1S/C12H27NOS2Si/c1-14-17(2,3)11-7-10-15-16-13-12-8-5-4-6-9-12/h12-13H,4-11H2,1-3H3. The van der Waals surface area contributed by atoms with Crippen molar-refractivity contribution >= 4 is 30.1 Å². The van der Waals surface area contributed by atoms with E-state index in [4.69, 9.17) is 4.43 Å². The third-order valence-corrected chi connectivity index (χ3v) is 8.25. The smallest absolute Gasteiger partial charge is 0.186 e. The number of hydrogen-bond donors (Lipinski definition) is 1. The molecule has 1 aliphatic carbocycles. The highest BCUT2D eigenvalue weighted by Crippen LogP contribution is 2.25. The molecule has 2 nitrogen and oxygen atoms in total. The molecule has 1 saturated carbocycles. The molecule has 1 aliphatic rings. The third-order valence-electron chi connectivity index (χ3n) is 3.44. The van der Waals surface area contributed by atoms with Crippen LogP contribution in [0.5, 0.6) is 0 Å². The Hall–Kier alpha value is 0.837. The van der Waals surface area contributed by atoms with Gasteiger partial charge < -0.3 is 4.43 Å². The molecular formula is C12H27NOS2Si. The number of rotatable bonds is 8. The van der Waals surface area contributed by atoms with Gasteiger partial charge in [-0.15, -0.1) is 0 Å². The van der Waals surface area contributed by atoms with E-state index in [1.165, 1.54) is 50.3 Å². The molecule has 0 aromatic heterocycles. The first-order valence-electron chi connectivity index (χ1n) is 6.73. The fourth-order valence-corrected chi connectivity index (χ4v) is 5.51. The van der Waals surface area contributed by atoms with Gasteiger partial charge in [-0.2, -0.15) is 0 Å². The molecule has 0 unspecified atom stereocenters. The van der Waals surface area contributed by atoms with Crippen molar-refractivity contribution in [1.29, 1.82) is 0 Å². The van der Waals surface area contributed by atoms with E-state index < -0.39 is 8.32 Å². The van der Waals surface area contributed by atoms with Crippen LogP contribution in [0.1, 0.15) is 38.5 Å². The summed E-state index contributed by atoms with van der Waals surface area (Å²) in [5.74, 6) is 1.24. The van der Waals surface area contributed by atoms with Crippen molar-refractivity contribution < 1.29 is 4.43 Å². The first kappa shape index (κ1) is 15.9. The minimum Gasteiger partial charge on any atom is -0.420 e. The van der Waals surface area contributed by atoms with Crippen LogP contribution in [0.4, 0.5) is 0 Å². The molecule has 0 radical (unpaired) electrons. The Kier molecular flexibility index (Phi) is 8.28. The molecule has 0 atom stereocenters. The third kappa shape index (κ3) is 7.77. The molecule has 0 spiro atoms. The van der Waals surface area contributed by atoms with E-state index in [1.54, 1.807) is 0 Å². The van der Waals surface area contributed by atoms with Gasteiger partial charge in [-0.05, 0) is 49.4 Å². The predicted octanol–water partition coefficient (Wildman–Crippen LogP) is 4.45. The highest BCUT2D eigenvalue weighted by molar-refractivity contribution is 8.76. The molecule has 1 fully saturated rings. The Labute approximate surface area is 116 Å². The van der Waals surface area contributed by atoms with Gasteiger partial charge in [-0.25, -0.2) is 0 Å². The van der Waals surface area contributed by atoms with Crippen molar-refractivity contribution in [2.75, 3.05) is 12.9 Å². The molecule has 0 bridgehead atoms. The predicted molar refractivity (Wildman–Crippen MR) is 84.0 cm³/mol. The van der Waals surface area contributed by atoms with Crippen LogP contribution in [0.2, 0.25) is 19.1 Å². The van der Waals surface area contributed by atoms with E-state index in [1.807, 2.05) is 28.9 Å². The summed E-state index contributed by atoms with van der Waals surface area (Å²) in [6.07, 6.45) is 8.30. The lowest BCUT2D eigenvalue weighted by molar-refractivity contribution is 0.403. The van der Waals surface area contributed by atoms with Crippen molar-refractivity contribution in [3.05, 3.63) is 0 Å². The van der Waals surface area contributed by atoms with Crippen molar-refractivity contribution in [2.24, 2.45) is 0 Å². The van der Waals surface area contributed by atoms with Gasteiger partial charge in [0.25, 0.3) is 0 Å². The summed E-state index contributed by atoms with van der Waals surface area (Å²) >= 11 is 0. The van der Waals surface area contributed by atoms with Gasteiger partial charge in [0.05, 0.1) is 0 Å². The van der Waals surface area contributed by atoms with E-state index in [2.05, 4.69) is 17.8 Å². The Morgan fingerprint density at radius 1 is 1.24 bits per heavy atom. The molecule has 1 N–H and O–H groups in total. The average Bonchev–Trinajstić information content (AvgIpc) is 2.35. The molecule has 0 amide bonds. The largest absolute Gasteiger partial charge is 0.420 e. The summed E-state index contributed by atoms with van der Waals surface area (Å²) in [5, 5.41) is 0. The lowest BCUT2D eigenvalue weighted by Crippen LogP contribution is -2.28. The molecule has 102 valence electrons. The monoisotopic (exact) mass is 293 g/mol. The van der Waals surface area contributed by atoms with Crippen LogP contribution in [-0.2, 0) is 4.43 Å². The Balaban J connectivity index is 1.90. The maximum atomic E-state index is 5.55. The van der Waals surface area contributed by atoms with E-state index in [0.717, 1.165) is 6.04 Å². The zero-order chi connectivity index (χ0) is 12.6. The minimum absolute atomic E-state index is 0.769. The van der Waals surface area contributed by atoms with Crippen molar-refractivity contribution in [1.82, 2.24) is 4.72 Å². The second-order valence-electron chi connectivity index (χ2n) is 5.43. The first-order valence-corrected chi connectivity index (χ1v) is 12.2. The lowest BCUT2D eigenvalue weighted by atomic mass is 9.96. The van der Waals surface area contributed by atoms with Gasteiger partial charge in [0.2, 0.25) is 0 Å². The van der Waals surface area contributed by atoms with Crippen LogP contribution in [0, 0.1) is 0 Å². The fourth-order valence-electron chi connectivity index (χ4n) is 2.02. The van der Waals surface area contributed by atoms with Crippen LogP contribution in [0.3, 0.4) is 0 Å². The van der Waals surface area contributed by atoms with Crippen molar-refractivity contribution in [3.63, 3.8) is 0 Å². The quantitative estimate of drug-likeness (QED) is 0.309. The summed E-state index contributed by atoms with van der Waals surface area (Å²) in [7, 11) is 4.38. The van der Waals surface area contributed by atoms with Crippen LogP contribution in [0.15, 0.2) is 0 Å². The maximum absolute atomic E-state index is 5.55. The molecule has 17 heavy (non-hydrogen) atoms. The SMILES string of the molecule is CO[Si](C)(C)CCCSSNC1CCCCC1. The van der Waals surface area contributed by atoms with Crippen LogP contribution < -0.4 is 4.72 Å². The van der Waals surface area contributed by atoms with Gasteiger partial charge in [0, 0.05) is 18.9 Å². The molecule has 0 saturated heterocycles. The second-order valence-corrected chi connectivity index (χ2v) is 12.1. The molecule has 0 aromatic carbocycles. The first-order chi connectivity index (χ1) is 8.14. The molecule has 0 aliphatic heterocycles. The summed E-state index contributed by atoms with van der Waals surface area (Å²) in [4.78, 5) is 0. The number of hydrogen-bond acceptors (Lipinski definition) is 4. The number of nitrogens with one attached hydrogen (secondary N) is 1. The van der Waals surface area contributed by atoms with Crippen molar-refractivity contribution in [3.8, 4) is 0 Å². The van der Waals surface area contributed by atoms with Gasteiger partial charge in [0.1, 0.15) is 0 Å².